The van der Waals surface area contributed by atoms with Crippen molar-refractivity contribution in [3.8, 4) is 0 Å². The molecule has 20 heavy (non-hydrogen) atoms. The average molecular weight is 300 g/mol. The van der Waals surface area contributed by atoms with Gasteiger partial charge >= 0.3 is 12.0 Å². The van der Waals surface area contributed by atoms with Crippen molar-refractivity contribution < 1.29 is 14.7 Å². The van der Waals surface area contributed by atoms with Crippen LogP contribution in [0.3, 0.4) is 0 Å². The number of aliphatic carboxylic acids is 1. The number of carboxylic acid groups (broad SMARTS) is 1. The van der Waals surface area contributed by atoms with Crippen LogP contribution in [0.25, 0.3) is 0 Å². The molecule has 1 heterocycles. The Bertz CT molecular complexity index is 450. The second-order valence-corrected chi connectivity index (χ2v) is 5.52. The van der Waals surface area contributed by atoms with E-state index in [9.17, 15) is 9.59 Å². The molecule has 0 unspecified atom stereocenters. The maximum absolute atomic E-state index is 11.8. The van der Waals surface area contributed by atoms with Gasteiger partial charge in [0, 0.05) is 20.0 Å². The summed E-state index contributed by atoms with van der Waals surface area (Å²) in [6, 6.07) is -0.373. The Morgan fingerprint density at radius 3 is 2.75 bits per heavy atom. The van der Waals surface area contributed by atoms with Crippen LogP contribution in [-0.4, -0.2) is 45.8 Å². The molecular formula is C12H20N4O3S. The molecule has 8 heteroatoms. The van der Waals surface area contributed by atoms with Gasteiger partial charge in [-0.15, -0.1) is 10.2 Å². The fraction of sp³-hybridized carbons (Fsp3) is 0.667. The number of amides is 2. The van der Waals surface area contributed by atoms with Crippen molar-refractivity contribution in [2.45, 2.75) is 39.0 Å². The number of rotatable bonds is 8. The molecule has 7 nitrogen and oxygen atoms in total. The van der Waals surface area contributed by atoms with Crippen LogP contribution in [0.15, 0.2) is 0 Å². The van der Waals surface area contributed by atoms with Gasteiger partial charge in [-0.3, -0.25) is 10.1 Å². The van der Waals surface area contributed by atoms with Gasteiger partial charge in [0.05, 0.1) is 6.42 Å². The van der Waals surface area contributed by atoms with E-state index in [1.54, 1.807) is 7.05 Å². The second-order valence-electron chi connectivity index (χ2n) is 4.45. The molecule has 0 spiro atoms. The van der Waals surface area contributed by atoms with Crippen LogP contribution < -0.4 is 5.32 Å². The molecule has 1 aromatic heterocycles. The van der Waals surface area contributed by atoms with Gasteiger partial charge in [-0.25, -0.2) is 4.79 Å². The number of hydrogen-bond acceptors (Lipinski definition) is 5. The van der Waals surface area contributed by atoms with Crippen LogP contribution in [0.5, 0.6) is 0 Å². The van der Waals surface area contributed by atoms with E-state index < -0.39 is 5.97 Å². The molecule has 0 bridgehead atoms. The quantitative estimate of drug-likeness (QED) is 0.718. The molecule has 0 aliphatic carbocycles. The van der Waals surface area contributed by atoms with Crippen LogP contribution in [0, 0.1) is 0 Å². The number of nitrogens with zero attached hydrogens (tertiary/aromatic N) is 3. The fourth-order valence-electron chi connectivity index (χ4n) is 1.48. The van der Waals surface area contributed by atoms with E-state index in [4.69, 9.17) is 5.11 Å². The highest BCUT2D eigenvalue weighted by Gasteiger charge is 2.13. The summed E-state index contributed by atoms with van der Waals surface area (Å²) in [7, 11) is 1.54. The summed E-state index contributed by atoms with van der Waals surface area (Å²) >= 11 is 1.36. The predicted molar refractivity (Wildman–Crippen MR) is 77.0 cm³/mol. The van der Waals surface area contributed by atoms with Gasteiger partial charge in [-0.2, -0.15) is 0 Å². The molecule has 1 aromatic rings. The summed E-state index contributed by atoms with van der Waals surface area (Å²) in [5.41, 5.74) is 0. The number of hydrogen-bond donors (Lipinski definition) is 2. The van der Waals surface area contributed by atoms with Gasteiger partial charge in [-0.1, -0.05) is 31.1 Å². The number of aromatic nitrogens is 2. The SMILES string of the molecule is CCCCCc1nnc(NC(=O)N(C)CCC(=O)O)s1. The number of unbranched alkanes of at least 4 members (excludes halogenated alkanes) is 2. The zero-order valence-electron chi connectivity index (χ0n) is 11.8. The van der Waals surface area contributed by atoms with Crippen LogP contribution in [-0.2, 0) is 11.2 Å². The van der Waals surface area contributed by atoms with Crippen LogP contribution >= 0.6 is 11.3 Å². The number of aryl methyl sites for hydroxylation is 1. The van der Waals surface area contributed by atoms with E-state index in [0.717, 1.165) is 30.7 Å². The summed E-state index contributed by atoms with van der Waals surface area (Å²) in [6.45, 7) is 2.29. The molecule has 0 aromatic carbocycles. The van der Waals surface area contributed by atoms with E-state index in [0.29, 0.717) is 5.13 Å². The van der Waals surface area contributed by atoms with Crippen molar-refractivity contribution in [2.24, 2.45) is 0 Å². The number of nitrogens with one attached hydrogen (secondary N) is 1. The molecule has 0 aliphatic rings. The molecule has 2 N–H and O–H groups in total. The molecule has 0 fully saturated rings. The minimum atomic E-state index is -0.932. The maximum atomic E-state index is 11.8. The summed E-state index contributed by atoms with van der Waals surface area (Å²) < 4.78 is 0. The first-order chi connectivity index (χ1) is 9.52. The number of anilines is 1. The van der Waals surface area contributed by atoms with E-state index in [1.807, 2.05) is 0 Å². The molecule has 0 atom stereocenters. The third kappa shape index (κ3) is 5.96. The lowest BCUT2D eigenvalue weighted by Crippen LogP contribution is -2.33. The zero-order valence-corrected chi connectivity index (χ0v) is 12.6. The Labute approximate surface area is 122 Å². The number of carbonyl (C=O) groups is 2. The van der Waals surface area contributed by atoms with Gasteiger partial charge in [-0.05, 0) is 6.42 Å². The molecule has 112 valence electrons. The summed E-state index contributed by atoms with van der Waals surface area (Å²) in [5.74, 6) is -0.932. The summed E-state index contributed by atoms with van der Waals surface area (Å²) in [6.07, 6.45) is 4.16. The molecular weight excluding hydrogens is 280 g/mol. The Balaban J connectivity index is 2.39. The van der Waals surface area contributed by atoms with Crippen molar-refractivity contribution >= 4 is 28.5 Å². The number of urea groups is 1. The number of carbonyl (C=O) groups excluding carboxylic acids is 1. The van der Waals surface area contributed by atoms with Gasteiger partial charge in [0.2, 0.25) is 5.13 Å². The van der Waals surface area contributed by atoms with E-state index in [1.165, 1.54) is 16.2 Å². The van der Waals surface area contributed by atoms with E-state index in [-0.39, 0.29) is 19.0 Å². The maximum Gasteiger partial charge on any atom is 0.323 e. The Kier molecular flexibility index (Phi) is 6.92. The average Bonchev–Trinajstić information content (AvgIpc) is 2.83. The molecule has 1 rings (SSSR count). The third-order valence-corrected chi connectivity index (χ3v) is 3.58. The minimum absolute atomic E-state index is 0.0810. The predicted octanol–water partition coefficient (Wildman–Crippen LogP) is 2.21. The molecule has 2 amide bonds. The Morgan fingerprint density at radius 1 is 1.35 bits per heavy atom. The lowest BCUT2D eigenvalue weighted by atomic mass is 10.2. The van der Waals surface area contributed by atoms with Crippen LogP contribution in [0.4, 0.5) is 9.93 Å². The highest BCUT2D eigenvalue weighted by atomic mass is 32.1. The monoisotopic (exact) mass is 300 g/mol. The Morgan fingerprint density at radius 2 is 2.10 bits per heavy atom. The van der Waals surface area contributed by atoms with Gasteiger partial charge in [0.15, 0.2) is 0 Å². The van der Waals surface area contributed by atoms with E-state index in [2.05, 4.69) is 22.4 Å². The summed E-state index contributed by atoms with van der Waals surface area (Å²) in [4.78, 5) is 23.5. The first kappa shape index (κ1) is 16.4. The van der Waals surface area contributed by atoms with Crippen molar-refractivity contribution in [1.29, 1.82) is 0 Å². The lowest BCUT2D eigenvalue weighted by molar-refractivity contribution is -0.137. The molecule has 0 saturated heterocycles. The molecule has 0 aliphatic heterocycles. The second kappa shape index (κ2) is 8.47. The third-order valence-electron chi connectivity index (χ3n) is 2.68. The van der Waals surface area contributed by atoms with Gasteiger partial charge < -0.3 is 10.0 Å². The smallest absolute Gasteiger partial charge is 0.323 e. The van der Waals surface area contributed by atoms with Gasteiger partial charge in [0.25, 0.3) is 0 Å². The Hall–Kier alpha value is -1.70. The van der Waals surface area contributed by atoms with Crippen molar-refractivity contribution in [2.75, 3.05) is 18.9 Å². The fourth-order valence-corrected chi connectivity index (χ4v) is 2.25. The molecule has 0 saturated carbocycles. The first-order valence-corrected chi connectivity index (χ1v) is 7.41. The summed E-state index contributed by atoms with van der Waals surface area (Å²) in [5, 5.41) is 20.5. The van der Waals surface area contributed by atoms with Crippen LogP contribution in [0.2, 0.25) is 0 Å². The van der Waals surface area contributed by atoms with Crippen molar-refractivity contribution in [3.63, 3.8) is 0 Å². The van der Waals surface area contributed by atoms with Crippen molar-refractivity contribution in [3.05, 3.63) is 5.01 Å². The normalized spacial score (nSPS) is 10.3. The van der Waals surface area contributed by atoms with Gasteiger partial charge in [0.1, 0.15) is 5.01 Å². The highest BCUT2D eigenvalue weighted by Crippen LogP contribution is 2.17. The van der Waals surface area contributed by atoms with E-state index >= 15 is 0 Å². The van der Waals surface area contributed by atoms with Crippen molar-refractivity contribution in [1.82, 2.24) is 15.1 Å². The topological polar surface area (TPSA) is 95.4 Å². The number of carboxylic acids is 1. The molecule has 0 radical (unpaired) electrons. The van der Waals surface area contributed by atoms with Crippen LogP contribution in [0.1, 0.15) is 37.6 Å². The first-order valence-electron chi connectivity index (χ1n) is 6.59. The lowest BCUT2D eigenvalue weighted by Gasteiger charge is -2.15. The largest absolute Gasteiger partial charge is 0.481 e. The minimum Gasteiger partial charge on any atom is -0.481 e. The zero-order chi connectivity index (χ0) is 15.0. The standard InChI is InChI=1S/C12H20N4O3S/c1-3-4-5-6-9-14-15-11(20-9)13-12(19)16(2)8-7-10(17)18/h3-8H2,1-2H3,(H,17,18)(H,13,15,19). The highest BCUT2D eigenvalue weighted by molar-refractivity contribution is 7.15.